The summed E-state index contributed by atoms with van der Waals surface area (Å²) in [4.78, 5) is 15.2. The van der Waals surface area contributed by atoms with Crippen LogP contribution in [0.4, 0.5) is 0 Å². The first kappa shape index (κ1) is 17.3. The topological polar surface area (TPSA) is 77.9 Å². The zero-order valence-corrected chi connectivity index (χ0v) is 15.7. The van der Waals surface area contributed by atoms with Crippen LogP contribution in [-0.2, 0) is 9.53 Å². The summed E-state index contributed by atoms with van der Waals surface area (Å²) in [6, 6.07) is 7.79. The number of nitrogens with zero attached hydrogens (tertiary/aromatic N) is 1. The monoisotopic (exact) mass is 374 g/mol. The maximum absolute atomic E-state index is 12.1. The molecule has 0 radical (unpaired) electrons. The number of rotatable bonds is 5. The fourth-order valence-electron chi connectivity index (χ4n) is 3.59. The van der Waals surface area contributed by atoms with Crippen molar-refractivity contribution in [1.82, 2.24) is 4.90 Å². The van der Waals surface area contributed by atoms with Gasteiger partial charge in [0.05, 0.1) is 12.0 Å². The van der Waals surface area contributed by atoms with Crippen molar-refractivity contribution in [3.8, 4) is 5.75 Å². The third kappa shape index (κ3) is 2.95. The van der Waals surface area contributed by atoms with E-state index in [9.17, 15) is 4.79 Å². The number of carbonyl (C=O) groups excluding carboxylic acids is 1. The molecule has 2 N–H and O–H groups in total. The Hall–Kier alpha value is -2.12. The van der Waals surface area contributed by atoms with Crippen LogP contribution < -0.4 is 10.5 Å². The van der Waals surface area contributed by atoms with E-state index < -0.39 is 5.54 Å². The van der Waals surface area contributed by atoms with Gasteiger partial charge >= 0.3 is 0 Å². The summed E-state index contributed by atoms with van der Waals surface area (Å²) < 4.78 is 17.0. The highest BCUT2D eigenvalue weighted by molar-refractivity contribution is 8.03. The van der Waals surface area contributed by atoms with Crippen LogP contribution in [0.5, 0.6) is 5.75 Å². The Labute approximate surface area is 156 Å². The zero-order valence-electron chi connectivity index (χ0n) is 14.9. The molecule has 0 bridgehead atoms. The number of carbonyl (C=O) groups is 1. The van der Waals surface area contributed by atoms with Crippen LogP contribution in [0.15, 0.2) is 39.8 Å². The Balaban J connectivity index is 1.48. The van der Waals surface area contributed by atoms with Crippen molar-refractivity contribution in [3.05, 3.63) is 41.1 Å². The molecule has 7 heteroatoms. The van der Waals surface area contributed by atoms with Gasteiger partial charge in [-0.05, 0) is 38.1 Å². The highest BCUT2D eigenvalue weighted by Gasteiger charge is 2.48. The van der Waals surface area contributed by atoms with E-state index in [0.717, 1.165) is 27.4 Å². The summed E-state index contributed by atoms with van der Waals surface area (Å²) in [5.41, 5.74) is 5.81. The van der Waals surface area contributed by atoms with E-state index in [0.29, 0.717) is 26.2 Å². The lowest BCUT2D eigenvalue weighted by molar-refractivity contribution is -0.128. The van der Waals surface area contributed by atoms with E-state index in [4.69, 9.17) is 19.6 Å². The molecule has 2 aliphatic rings. The number of thioether (sulfide) groups is 1. The second-order valence-corrected chi connectivity index (χ2v) is 8.21. The van der Waals surface area contributed by atoms with Crippen LogP contribution >= 0.6 is 11.8 Å². The first-order chi connectivity index (χ1) is 12.5. The van der Waals surface area contributed by atoms with Crippen LogP contribution in [-0.4, -0.2) is 41.5 Å². The van der Waals surface area contributed by atoms with Crippen molar-refractivity contribution >= 4 is 28.6 Å². The highest BCUT2D eigenvalue weighted by Crippen LogP contribution is 2.40. The Morgan fingerprint density at radius 3 is 3.04 bits per heavy atom. The second-order valence-electron chi connectivity index (χ2n) is 6.76. The molecular formula is C19H22N2O4S. The summed E-state index contributed by atoms with van der Waals surface area (Å²) in [6.45, 7) is 5.34. The maximum atomic E-state index is 12.1. The number of hydrogen-bond donors (Lipinski definition) is 1. The van der Waals surface area contributed by atoms with Crippen molar-refractivity contribution < 1.29 is 18.7 Å². The summed E-state index contributed by atoms with van der Waals surface area (Å²) in [5, 5.41) is 1.14. The lowest BCUT2D eigenvalue weighted by atomic mass is 9.95. The fraction of sp³-hybridized carbons (Fsp3) is 0.421. The smallest absolute Gasteiger partial charge is 0.245 e. The SMILES string of the molecule is Cc1cc2cc(OCC3=CN(C4(C(N)=O)CCOC4)C(C)S3)ccc2o1. The molecule has 2 unspecified atom stereocenters. The number of nitrogens with two attached hydrogens (primary N) is 1. The minimum absolute atomic E-state index is 0.113. The van der Waals surface area contributed by atoms with E-state index in [2.05, 4.69) is 6.92 Å². The average Bonchev–Trinajstić information content (AvgIpc) is 3.30. The van der Waals surface area contributed by atoms with Gasteiger partial charge in [0, 0.05) is 29.5 Å². The molecule has 26 heavy (non-hydrogen) atoms. The minimum atomic E-state index is -0.749. The quantitative estimate of drug-likeness (QED) is 0.867. The van der Waals surface area contributed by atoms with E-state index in [1.54, 1.807) is 11.8 Å². The molecule has 6 nitrogen and oxygen atoms in total. The van der Waals surface area contributed by atoms with Gasteiger partial charge in [-0.15, -0.1) is 11.8 Å². The lowest BCUT2D eigenvalue weighted by Gasteiger charge is -2.37. The zero-order chi connectivity index (χ0) is 18.3. The molecular weight excluding hydrogens is 352 g/mol. The number of amides is 1. The standard InChI is InChI=1S/C19H22N2O4S/c1-12-7-14-8-15(3-4-17(14)25-12)24-10-16-9-21(13(2)26-16)19(18(20)22)5-6-23-11-19/h3-4,7-9,13H,5-6,10-11H2,1-2H3,(H2,20,22). The van der Waals surface area contributed by atoms with Crippen molar-refractivity contribution in [3.63, 3.8) is 0 Å². The summed E-state index contributed by atoms with van der Waals surface area (Å²) in [7, 11) is 0. The van der Waals surface area contributed by atoms with Gasteiger partial charge in [-0.2, -0.15) is 0 Å². The number of aryl methyl sites for hydroxylation is 1. The molecule has 2 atom stereocenters. The first-order valence-electron chi connectivity index (χ1n) is 8.64. The van der Waals surface area contributed by atoms with Crippen LogP contribution in [0.3, 0.4) is 0 Å². The number of furan rings is 1. The molecule has 2 aliphatic heterocycles. The first-order valence-corrected chi connectivity index (χ1v) is 9.52. The highest BCUT2D eigenvalue weighted by atomic mass is 32.2. The molecule has 0 saturated carbocycles. The van der Waals surface area contributed by atoms with Crippen LogP contribution in [0.25, 0.3) is 11.0 Å². The van der Waals surface area contributed by atoms with Crippen LogP contribution in [0, 0.1) is 6.92 Å². The van der Waals surface area contributed by atoms with Crippen molar-refractivity contribution in [2.24, 2.45) is 5.73 Å². The summed E-state index contributed by atoms with van der Waals surface area (Å²) in [6.07, 6.45) is 2.61. The molecule has 3 heterocycles. The lowest BCUT2D eigenvalue weighted by Crippen LogP contribution is -2.57. The van der Waals surface area contributed by atoms with Crippen LogP contribution in [0.2, 0.25) is 0 Å². The van der Waals surface area contributed by atoms with E-state index in [-0.39, 0.29) is 11.3 Å². The predicted octanol–water partition coefficient (Wildman–Crippen LogP) is 3.00. The molecule has 1 fully saturated rings. The van der Waals surface area contributed by atoms with E-state index in [1.165, 1.54) is 0 Å². The van der Waals surface area contributed by atoms with Gasteiger partial charge in [0.1, 0.15) is 29.2 Å². The molecule has 4 rings (SSSR count). The van der Waals surface area contributed by atoms with Gasteiger partial charge in [0.2, 0.25) is 5.91 Å². The number of ether oxygens (including phenoxy) is 2. The van der Waals surface area contributed by atoms with Gasteiger partial charge in [0.15, 0.2) is 0 Å². The summed E-state index contributed by atoms with van der Waals surface area (Å²) >= 11 is 1.68. The Morgan fingerprint density at radius 2 is 2.31 bits per heavy atom. The predicted molar refractivity (Wildman–Crippen MR) is 101 cm³/mol. The van der Waals surface area contributed by atoms with E-state index >= 15 is 0 Å². The maximum Gasteiger partial charge on any atom is 0.245 e. The van der Waals surface area contributed by atoms with Gasteiger partial charge < -0.3 is 24.5 Å². The fourth-order valence-corrected chi connectivity index (χ4v) is 4.70. The van der Waals surface area contributed by atoms with Gasteiger partial charge in [0.25, 0.3) is 0 Å². The molecule has 138 valence electrons. The average molecular weight is 374 g/mol. The normalized spacial score (nSPS) is 25.7. The molecule has 1 amide bonds. The summed E-state index contributed by atoms with van der Waals surface area (Å²) in [5.74, 6) is 1.34. The van der Waals surface area contributed by atoms with Gasteiger partial charge in [-0.1, -0.05) is 0 Å². The van der Waals surface area contributed by atoms with E-state index in [1.807, 2.05) is 42.3 Å². The third-order valence-electron chi connectivity index (χ3n) is 4.94. The van der Waals surface area contributed by atoms with Gasteiger partial charge in [-0.25, -0.2) is 0 Å². The largest absolute Gasteiger partial charge is 0.488 e. The van der Waals surface area contributed by atoms with Crippen molar-refractivity contribution in [1.29, 1.82) is 0 Å². The van der Waals surface area contributed by atoms with Gasteiger partial charge in [-0.3, -0.25) is 4.79 Å². The Kier molecular flexibility index (Phi) is 4.36. The molecule has 1 aromatic carbocycles. The molecule has 1 aromatic heterocycles. The number of hydrogen-bond acceptors (Lipinski definition) is 6. The molecule has 2 aromatic rings. The molecule has 1 saturated heterocycles. The molecule has 0 spiro atoms. The number of benzene rings is 1. The third-order valence-corrected chi connectivity index (χ3v) is 6.04. The Bertz CT molecular complexity index is 870. The molecule has 0 aliphatic carbocycles. The van der Waals surface area contributed by atoms with Crippen molar-refractivity contribution in [2.75, 3.05) is 19.8 Å². The number of primary amides is 1. The van der Waals surface area contributed by atoms with Crippen LogP contribution in [0.1, 0.15) is 19.1 Å². The Morgan fingerprint density at radius 1 is 1.46 bits per heavy atom. The minimum Gasteiger partial charge on any atom is -0.488 e. The number of fused-ring (bicyclic) bond motifs is 1. The second kappa shape index (κ2) is 6.55. The van der Waals surface area contributed by atoms with Crippen molar-refractivity contribution in [2.45, 2.75) is 31.2 Å².